The lowest BCUT2D eigenvalue weighted by Gasteiger charge is -2.16. The highest BCUT2D eigenvalue weighted by Crippen LogP contribution is 2.02. The molecular formula is C22H30O11. The number of rotatable bonds is 15. The van der Waals surface area contributed by atoms with Crippen molar-refractivity contribution in [1.82, 2.24) is 0 Å². The van der Waals surface area contributed by atoms with Gasteiger partial charge in [-0.15, -0.1) is 0 Å². The molecule has 0 heterocycles. The molecule has 0 saturated carbocycles. The third kappa shape index (κ3) is 19.8. The molecule has 1 unspecified atom stereocenters. The van der Waals surface area contributed by atoms with Crippen LogP contribution in [0.25, 0.3) is 0 Å². The van der Waals surface area contributed by atoms with Crippen LogP contribution in [0.15, 0.2) is 61.7 Å². The Morgan fingerprint density at radius 1 is 0.636 bits per heavy atom. The number of methoxy groups -OCH3 is 2. The van der Waals surface area contributed by atoms with Gasteiger partial charge in [-0.1, -0.05) is 31.2 Å². The van der Waals surface area contributed by atoms with E-state index in [1.54, 1.807) is 6.08 Å². The first-order valence-corrected chi connectivity index (χ1v) is 9.88. The first-order chi connectivity index (χ1) is 16.0. The van der Waals surface area contributed by atoms with E-state index in [0.717, 1.165) is 37.9 Å². The van der Waals surface area contributed by atoms with Crippen LogP contribution in [0.5, 0.6) is 0 Å². The summed E-state index contributed by atoms with van der Waals surface area (Å²) in [6.45, 7) is 1.08. The second-order valence-corrected chi connectivity index (χ2v) is 5.68. The van der Waals surface area contributed by atoms with Crippen LogP contribution in [0.4, 0.5) is 14.4 Å². The summed E-state index contributed by atoms with van der Waals surface area (Å²) in [7, 11) is 2.70. The molecule has 0 aromatic rings. The van der Waals surface area contributed by atoms with Gasteiger partial charge in [0, 0.05) is 0 Å². The van der Waals surface area contributed by atoms with E-state index < -0.39 is 37.8 Å². The van der Waals surface area contributed by atoms with Crippen LogP contribution in [0.1, 0.15) is 26.2 Å². The van der Waals surface area contributed by atoms with Gasteiger partial charge in [-0.05, 0) is 25.3 Å². The molecule has 1 atom stereocenters. The van der Waals surface area contributed by atoms with Gasteiger partial charge < -0.3 is 37.9 Å². The van der Waals surface area contributed by atoms with Crippen molar-refractivity contribution in [3.05, 3.63) is 61.7 Å². The summed E-state index contributed by atoms with van der Waals surface area (Å²) in [6, 6.07) is 0. The number of carbonyl (C=O) groups is 3. The summed E-state index contributed by atoms with van der Waals surface area (Å²) in [6.07, 6.45) is 12.7. The van der Waals surface area contributed by atoms with Crippen LogP contribution in [0.3, 0.4) is 0 Å². The van der Waals surface area contributed by atoms with E-state index >= 15 is 0 Å². The fourth-order valence-electron chi connectivity index (χ4n) is 1.72. The summed E-state index contributed by atoms with van der Waals surface area (Å²) < 4.78 is 37.5. The predicted octanol–water partition coefficient (Wildman–Crippen LogP) is 4.87. The molecule has 0 spiro atoms. The summed E-state index contributed by atoms with van der Waals surface area (Å²) in [5.41, 5.74) is 0. The predicted molar refractivity (Wildman–Crippen MR) is 115 cm³/mol. The normalized spacial score (nSPS) is 12.3. The molecule has 11 nitrogen and oxygen atoms in total. The molecular weight excluding hydrogens is 440 g/mol. The van der Waals surface area contributed by atoms with Gasteiger partial charge >= 0.3 is 18.5 Å². The second-order valence-electron chi connectivity index (χ2n) is 5.68. The molecule has 0 saturated heterocycles. The van der Waals surface area contributed by atoms with Gasteiger partial charge in [-0.3, -0.25) is 0 Å². The molecule has 0 fully saturated rings. The Kier molecular flexibility index (Phi) is 18.8. The average Bonchev–Trinajstić information content (AvgIpc) is 2.80. The molecule has 0 aromatic heterocycles. The lowest BCUT2D eigenvalue weighted by molar-refractivity contribution is -0.0308. The quantitative estimate of drug-likeness (QED) is 0.141. The average molecular weight is 470 g/mol. The fraction of sp³-hybridized carbons (Fsp3) is 0.409. The molecule has 0 bridgehead atoms. The number of hydrogen-bond acceptors (Lipinski definition) is 11. The van der Waals surface area contributed by atoms with E-state index in [2.05, 4.69) is 38.0 Å². The van der Waals surface area contributed by atoms with Crippen LogP contribution >= 0.6 is 0 Å². The number of carbonyl (C=O) groups excluding carboxylic acids is 3. The van der Waals surface area contributed by atoms with Gasteiger partial charge in [0.05, 0.1) is 20.5 Å². The van der Waals surface area contributed by atoms with E-state index in [9.17, 15) is 14.4 Å². The molecule has 184 valence electrons. The van der Waals surface area contributed by atoms with Crippen LogP contribution < -0.4 is 0 Å². The molecule has 0 rings (SSSR count). The number of hydrogen-bond donors (Lipinski definition) is 0. The van der Waals surface area contributed by atoms with Crippen LogP contribution in [0.2, 0.25) is 0 Å². The summed E-state index contributed by atoms with van der Waals surface area (Å²) in [5, 5.41) is 0. The van der Waals surface area contributed by atoms with Crippen molar-refractivity contribution < 1.29 is 52.3 Å². The highest BCUT2D eigenvalue weighted by Gasteiger charge is 2.21. The highest BCUT2D eigenvalue weighted by atomic mass is 16.8. The van der Waals surface area contributed by atoms with Gasteiger partial charge in [0.2, 0.25) is 0 Å². The van der Waals surface area contributed by atoms with E-state index in [0.29, 0.717) is 6.42 Å². The van der Waals surface area contributed by atoms with Gasteiger partial charge in [-0.25, -0.2) is 14.4 Å². The van der Waals surface area contributed by atoms with Crippen LogP contribution in [-0.2, 0) is 37.9 Å². The molecule has 33 heavy (non-hydrogen) atoms. The molecule has 11 heteroatoms. The number of ether oxygens (including phenoxy) is 8. The van der Waals surface area contributed by atoms with Crippen molar-refractivity contribution in [3.63, 3.8) is 0 Å². The first-order valence-electron chi connectivity index (χ1n) is 9.88. The Morgan fingerprint density at radius 2 is 1.12 bits per heavy atom. The van der Waals surface area contributed by atoms with Crippen LogP contribution in [-0.4, -0.2) is 52.0 Å². The maximum Gasteiger partial charge on any atom is 0.513 e. The van der Waals surface area contributed by atoms with E-state index in [-0.39, 0.29) is 0 Å². The summed E-state index contributed by atoms with van der Waals surface area (Å²) in [5.74, 6) is 0. The molecule has 0 amide bonds. The zero-order valence-corrected chi connectivity index (χ0v) is 18.9. The Hall–Kier alpha value is -3.89. The molecule has 0 aromatic carbocycles. The Morgan fingerprint density at radius 3 is 1.67 bits per heavy atom. The zero-order chi connectivity index (χ0) is 24.6. The maximum absolute atomic E-state index is 11.7. The summed E-state index contributed by atoms with van der Waals surface area (Å²) >= 11 is 0. The third-order valence-electron chi connectivity index (χ3n) is 3.12. The van der Waals surface area contributed by atoms with E-state index in [4.69, 9.17) is 18.9 Å². The topological polar surface area (TPSA) is 125 Å². The van der Waals surface area contributed by atoms with Crippen molar-refractivity contribution in [3.8, 4) is 0 Å². The third-order valence-corrected chi connectivity index (χ3v) is 3.12. The largest absolute Gasteiger partial charge is 0.513 e. The molecule has 0 N–H and O–H groups in total. The Labute approximate surface area is 192 Å². The van der Waals surface area contributed by atoms with E-state index in [1.807, 2.05) is 12.2 Å². The summed E-state index contributed by atoms with van der Waals surface area (Å²) in [4.78, 5) is 34.8. The minimum Gasteiger partial charge on any atom is -0.501 e. The molecule has 0 radical (unpaired) electrons. The van der Waals surface area contributed by atoms with Crippen molar-refractivity contribution in [2.45, 2.75) is 32.3 Å². The van der Waals surface area contributed by atoms with Gasteiger partial charge in [0.25, 0.3) is 0 Å². The van der Waals surface area contributed by atoms with Crippen molar-refractivity contribution >= 4 is 18.5 Å². The lowest BCUT2D eigenvalue weighted by atomic mass is 10.3. The highest BCUT2D eigenvalue weighted by molar-refractivity contribution is 5.62. The zero-order valence-electron chi connectivity index (χ0n) is 18.9. The Balaban J connectivity index is 4.50. The fourth-order valence-corrected chi connectivity index (χ4v) is 1.72. The monoisotopic (exact) mass is 470 g/mol. The Bertz CT molecular complexity index is 692. The van der Waals surface area contributed by atoms with Gasteiger partial charge in [-0.2, -0.15) is 0 Å². The smallest absolute Gasteiger partial charge is 0.501 e. The number of allylic oxidation sites excluding steroid dienone is 5. The minimum atomic E-state index is -1.21. The van der Waals surface area contributed by atoms with E-state index in [1.165, 1.54) is 20.5 Å². The standard InChI is InChI=1S/C22H30O11/c1-4-5-6-7-8-9-10-11-12-28-20(23)31-17-19(33-22(25)30-16-14-27-3)18-32-21(24)29-15-13-26-2/h5-6,8-9,11-16,19H,4,7,10,17-18H2,1-3H3/b6-5-,9-8-,12-11-,15-13-,16-14-. The maximum atomic E-state index is 11.7. The first kappa shape index (κ1) is 29.1. The van der Waals surface area contributed by atoms with Crippen molar-refractivity contribution in [2.75, 3.05) is 27.4 Å². The van der Waals surface area contributed by atoms with Crippen molar-refractivity contribution in [1.29, 1.82) is 0 Å². The molecule has 0 aliphatic rings. The molecule has 0 aliphatic heterocycles. The van der Waals surface area contributed by atoms with Gasteiger partial charge in [0.15, 0.2) is 6.10 Å². The minimum absolute atomic E-state index is 0.485. The van der Waals surface area contributed by atoms with Crippen LogP contribution in [0, 0.1) is 0 Å². The lowest BCUT2D eigenvalue weighted by Crippen LogP contribution is -2.30. The van der Waals surface area contributed by atoms with Gasteiger partial charge in [0.1, 0.15) is 38.3 Å². The SMILES string of the molecule is CC/C=C\C/C=C\C/C=C\OC(=O)OCC(COC(=O)O/C=C\OC)OC(=O)O/C=C\OC. The molecule has 0 aliphatic carbocycles. The van der Waals surface area contributed by atoms with Crippen molar-refractivity contribution in [2.24, 2.45) is 0 Å². The second kappa shape index (κ2) is 21.3.